The van der Waals surface area contributed by atoms with Gasteiger partial charge in [-0.05, 0) is 18.6 Å². The van der Waals surface area contributed by atoms with Gasteiger partial charge in [0.05, 0.1) is 23.5 Å². The normalized spacial score (nSPS) is 11.2. The Morgan fingerprint density at radius 3 is 2.79 bits per heavy atom. The second kappa shape index (κ2) is 6.40. The lowest BCUT2D eigenvalue weighted by atomic mass is 9.94. The molecule has 0 heterocycles. The van der Waals surface area contributed by atoms with Crippen LogP contribution >= 0.6 is 0 Å². The van der Waals surface area contributed by atoms with Crippen LogP contribution in [0, 0.1) is 11.3 Å². The summed E-state index contributed by atoms with van der Waals surface area (Å²) in [4.78, 5) is 22.8. The molecule has 0 fully saturated rings. The maximum absolute atomic E-state index is 11.7. The van der Waals surface area contributed by atoms with Gasteiger partial charge in [-0.1, -0.05) is 6.07 Å². The molecular formula is C13H15N3O3. The summed E-state index contributed by atoms with van der Waals surface area (Å²) in [6.45, 7) is 1.81. The van der Waals surface area contributed by atoms with E-state index < -0.39 is 11.9 Å². The van der Waals surface area contributed by atoms with Crippen LogP contribution in [0.4, 0.5) is 11.4 Å². The van der Waals surface area contributed by atoms with Crippen molar-refractivity contribution >= 4 is 23.6 Å². The maximum atomic E-state index is 11.7. The summed E-state index contributed by atoms with van der Waals surface area (Å²) in [5.74, 6) is -1.80. The van der Waals surface area contributed by atoms with Crippen molar-refractivity contribution in [2.75, 3.05) is 24.7 Å². The quantitative estimate of drug-likeness (QED) is 0.355. The van der Waals surface area contributed by atoms with Gasteiger partial charge in [-0.25, -0.2) is 0 Å². The summed E-state index contributed by atoms with van der Waals surface area (Å²) >= 11 is 0. The third-order valence-electron chi connectivity index (χ3n) is 2.64. The third-order valence-corrected chi connectivity index (χ3v) is 2.64. The number of nitrogens with two attached hydrogens (primary N) is 1. The van der Waals surface area contributed by atoms with E-state index in [0.29, 0.717) is 17.7 Å². The first-order valence-electron chi connectivity index (χ1n) is 5.72. The van der Waals surface area contributed by atoms with Crippen LogP contribution in [0.1, 0.15) is 24.0 Å². The van der Waals surface area contributed by atoms with Gasteiger partial charge in [0, 0.05) is 7.05 Å². The zero-order valence-corrected chi connectivity index (χ0v) is 10.8. The molecule has 0 bridgehead atoms. The summed E-state index contributed by atoms with van der Waals surface area (Å²) in [6.07, 6.45) is 0.462. The van der Waals surface area contributed by atoms with Crippen molar-refractivity contribution in [1.29, 1.82) is 5.26 Å². The smallest absolute Gasteiger partial charge is 0.320 e. The van der Waals surface area contributed by atoms with Gasteiger partial charge in [0.15, 0.2) is 0 Å². The van der Waals surface area contributed by atoms with Gasteiger partial charge >= 0.3 is 5.97 Å². The zero-order valence-electron chi connectivity index (χ0n) is 10.8. The molecule has 1 atom stereocenters. The molecule has 0 radical (unpaired) electrons. The first-order valence-corrected chi connectivity index (χ1v) is 5.72. The second-order valence-corrected chi connectivity index (χ2v) is 3.72. The molecule has 6 heteroatoms. The van der Waals surface area contributed by atoms with Gasteiger partial charge in [-0.2, -0.15) is 5.26 Å². The molecule has 1 aromatic carbocycles. The van der Waals surface area contributed by atoms with E-state index in [2.05, 4.69) is 5.32 Å². The van der Waals surface area contributed by atoms with E-state index in [0.717, 1.165) is 0 Å². The number of esters is 1. The Labute approximate surface area is 111 Å². The Kier molecular flexibility index (Phi) is 4.89. The van der Waals surface area contributed by atoms with Gasteiger partial charge in [-0.15, -0.1) is 0 Å². The predicted molar refractivity (Wildman–Crippen MR) is 70.6 cm³/mol. The minimum Gasteiger partial charge on any atom is -0.465 e. The van der Waals surface area contributed by atoms with Crippen LogP contribution in [0.25, 0.3) is 0 Å². The van der Waals surface area contributed by atoms with Gasteiger partial charge in [0.25, 0.3) is 0 Å². The molecule has 0 aromatic heterocycles. The first-order chi connectivity index (χ1) is 9.10. The molecule has 0 saturated carbocycles. The number of nitrogen functional groups attached to an aromatic ring is 1. The molecule has 6 nitrogen and oxygen atoms in total. The number of hydrogen-bond acceptors (Lipinski definition) is 6. The molecule has 0 saturated heterocycles. The van der Waals surface area contributed by atoms with Crippen molar-refractivity contribution in [2.45, 2.75) is 12.8 Å². The van der Waals surface area contributed by atoms with E-state index in [1.54, 1.807) is 14.0 Å². The molecule has 0 amide bonds. The highest BCUT2D eigenvalue weighted by Gasteiger charge is 2.26. The third kappa shape index (κ3) is 2.83. The maximum Gasteiger partial charge on any atom is 0.320 e. The van der Waals surface area contributed by atoms with Crippen LogP contribution in [-0.4, -0.2) is 25.9 Å². The predicted octanol–water partition coefficient (Wildman–Crippen LogP) is 1.03. The fraction of sp³-hybridized carbons (Fsp3) is 0.308. The number of nitrogens with one attached hydrogen (secondary N) is 1. The van der Waals surface area contributed by atoms with Crippen LogP contribution in [0.15, 0.2) is 12.1 Å². The number of nitrogens with zero attached hydrogens (tertiary/aromatic N) is 1. The number of anilines is 2. The van der Waals surface area contributed by atoms with Crippen LogP contribution in [-0.2, 0) is 14.3 Å². The van der Waals surface area contributed by atoms with Gasteiger partial charge < -0.3 is 20.6 Å². The molecule has 1 rings (SSSR count). The summed E-state index contributed by atoms with van der Waals surface area (Å²) in [5.41, 5.74) is 6.97. The van der Waals surface area contributed by atoms with Gasteiger partial charge in [0.1, 0.15) is 18.3 Å². The number of aldehydes is 1. The number of benzene rings is 1. The molecular weight excluding hydrogens is 246 g/mol. The lowest BCUT2D eigenvalue weighted by Gasteiger charge is -2.15. The molecule has 0 aliphatic heterocycles. The van der Waals surface area contributed by atoms with Crippen LogP contribution < -0.4 is 11.1 Å². The minimum absolute atomic E-state index is 0.166. The van der Waals surface area contributed by atoms with E-state index in [9.17, 15) is 14.9 Å². The molecule has 0 aliphatic carbocycles. The number of carbonyl (C=O) groups excluding carboxylic acids is 2. The molecule has 1 aromatic rings. The van der Waals surface area contributed by atoms with Crippen LogP contribution in [0.3, 0.4) is 0 Å². The number of carbonyl (C=O) groups is 2. The van der Waals surface area contributed by atoms with Crippen molar-refractivity contribution in [3.63, 3.8) is 0 Å². The summed E-state index contributed by atoms with van der Waals surface area (Å²) in [6, 6.07) is 4.99. The van der Waals surface area contributed by atoms with Crippen molar-refractivity contribution in [3.8, 4) is 6.07 Å². The topological polar surface area (TPSA) is 105 Å². The molecule has 100 valence electrons. The Hall–Kier alpha value is -2.55. The SMILES string of the molecule is CCOC(=O)C(C=O)c1ccc(N)c(NC)c1C#N. The van der Waals surface area contributed by atoms with Gasteiger partial charge in [-0.3, -0.25) is 4.79 Å². The minimum atomic E-state index is -1.12. The molecule has 3 N–H and O–H groups in total. The van der Waals surface area contributed by atoms with Crippen molar-refractivity contribution in [3.05, 3.63) is 23.3 Å². The lowest BCUT2D eigenvalue weighted by molar-refractivity contribution is -0.146. The molecule has 0 aliphatic rings. The summed E-state index contributed by atoms with van der Waals surface area (Å²) in [7, 11) is 1.61. The van der Waals surface area contributed by atoms with E-state index in [1.165, 1.54) is 12.1 Å². The van der Waals surface area contributed by atoms with Crippen molar-refractivity contribution < 1.29 is 14.3 Å². The van der Waals surface area contributed by atoms with E-state index in [-0.39, 0.29) is 17.7 Å². The highest BCUT2D eigenvalue weighted by molar-refractivity contribution is 5.96. The number of nitriles is 1. The highest BCUT2D eigenvalue weighted by atomic mass is 16.5. The highest BCUT2D eigenvalue weighted by Crippen LogP contribution is 2.30. The number of rotatable bonds is 5. The summed E-state index contributed by atoms with van der Waals surface area (Å²) < 4.78 is 4.82. The Balaban J connectivity index is 3.37. The van der Waals surface area contributed by atoms with E-state index in [4.69, 9.17) is 10.5 Å². The average molecular weight is 261 g/mol. The van der Waals surface area contributed by atoms with E-state index >= 15 is 0 Å². The number of hydrogen-bond donors (Lipinski definition) is 2. The zero-order chi connectivity index (χ0) is 14.4. The van der Waals surface area contributed by atoms with Gasteiger partial charge in [0.2, 0.25) is 0 Å². The molecule has 1 unspecified atom stereocenters. The van der Waals surface area contributed by atoms with Crippen molar-refractivity contribution in [1.82, 2.24) is 0 Å². The fourth-order valence-corrected chi connectivity index (χ4v) is 1.77. The lowest BCUT2D eigenvalue weighted by Crippen LogP contribution is -2.19. The average Bonchev–Trinajstić information content (AvgIpc) is 2.40. The van der Waals surface area contributed by atoms with Crippen LogP contribution in [0.2, 0.25) is 0 Å². The summed E-state index contributed by atoms with van der Waals surface area (Å²) in [5, 5.41) is 12.0. The van der Waals surface area contributed by atoms with E-state index in [1.807, 2.05) is 6.07 Å². The largest absolute Gasteiger partial charge is 0.465 e. The Bertz CT molecular complexity index is 535. The fourth-order valence-electron chi connectivity index (χ4n) is 1.77. The molecule has 0 spiro atoms. The second-order valence-electron chi connectivity index (χ2n) is 3.72. The molecule has 19 heavy (non-hydrogen) atoms. The Morgan fingerprint density at radius 1 is 1.63 bits per heavy atom. The van der Waals surface area contributed by atoms with Crippen molar-refractivity contribution in [2.24, 2.45) is 0 Å². The first kappa shape index (κ1) is 14.5. The monoisotopic (exact) mass is 261 g/mol. The Morgan fingerprint density at radius 2 is 2.32 bits per heavy atom. The number of ether oxygens (including phenoxy) is 1. The van der Waals surface area contributed by atoms with Crippen LogP contribution in [0.5, 0.6) is 0 Å². The standard InChI is InChI=1S/C13H15N3O3/c1-3-19-13(18)10(7-17)8-4-5-11(15)12(16-2)9(8)6-14/h4-5,7,10,16H,3,15H2,1-2H3.